The number of carbonyl (C=O) groups excluding carboxylic acids is 1. The van der Waals surface area contributed by atoms with Crippen molar-refractivity contribution in [2.24, 2.45) is 5.73 Å². The number of nitro groups is 1. The van der Waals surface area contributed by atoms with E-state index < -0.39 is 46.9 Å². The normalized spacial score (nSPS) is 10.6. The Morgan fingerprint density at radius 3 is 2.55 bits per heavy atom. The highest BCUT2D eigenvalue weighted by Crippen LogP contribution is 2.19. The van der Waals surface area contributed by atoms with Crippen LogP contribution in [0.4, 0.5) is 18.9 Å². The minimum atomic E-state index is -3.34. The molecule has 0 fully saturated rings. The fraction of sp³-hybridized carbons (Fsp3) is 0.300. The maximum atomic E-state index is 12.9. The summed E-state index contributed by atoms with van der Waals surface area (Å²) in [6, 6.07) is 2.18. The monoisotopic (exact) mass is 313 g/mol. The zero-order chi connectivity index (χ0) is 14.6. The molecule has 0 bridgehead atoms. The van der Waals surface area contributed by atoms with Crippen LogP contribution in [0.25, 0.3) is 0 Å². The van der Waals surface area contributed by atoms with E-state index in [1.165, 1.54) is 0 Å². The summed E-state index contributed by atoms with van der Waals surface area (Å²) in [7, 11) is 0. The van der Waals surface area contributed by atoms with Crippen LogP contribution in [0.2, 0.25) is 0 Å². The number of nitrogens with one attached hydrogen (secondary N) is 1. The Labute approximate surface area is 117 Å². The van der Waals surface area contributed by atoms with Gasteiger partial charge in [-0.3, -0.25) is 14.9 Å². The molecule has 0 aliphatic rings. The number of carbonyl (C=O) groups is 1. The predicted octanol–water partition coefficient (Wildman–Crippen LogP) is 1.48. The Morgan fingerprint density at radius 1 is 1.45 bits per heavy atom. The smallest absolute Gasteiger partial charge is 0.282 e. The van der Waals surface area contributed by atoms with Crippen molar-refractivity contribution in [1.29, 1.82) is 0 Å². The molecule has 1 rings (SSSR count). The second kappa shape index (κ2) is 7.06. The van der Waals surface area contributed by atoms with Crippen LogP contribution in [0.3, 0.4) is 0 Å². The van der Waals surface area contributed by atoms with Gasteiger partial charge in [-0.25, -0.2) is 13.2 Å². The predicted molar refractivity (Wildman–Crippen MR) is 66.6 cm³/mol. The van der Waals surface area contributed by atoms with Gasteiger partial charge in [-0.15, -0.1) is 12.4 Å². The third-order valence-electron chi connectivity index (χ3n) is 2.21. The van der Waals surface area contributed by atoms with Gasteiger partial charge in [0.1, 0.15) is 11.4 Å². The number of hydrogen-bond donors (Lipinski definition) is 2. The molecule has 10 heteroatoms. The molecule has 1 amide bonds. The molecule has 1 aromatic rings. The Bertz CT molecular complexity index is 514. The molecule has 0 unspecified atom stereocenters. The van der Waals surface area contributed by atoms with Gasteiger partial charge < -0.3 is 11.1 Å². The van der Waals surface area contributed by atoms with Crippen LogP contribution in [-0.4, -0.2) is 29.8 Å². The van der Waals surface area contributed by atoms with Crippen molar-refractivity contribution in [2.75, 3.05) is 13.1 Å². The Hall–Kier alpha value is -1.87. The lowest BCUT2D eigenvalue weighted by molar-refractivity contribution is -0.385. The molecular formula is C10H11ClF3N3O3. The molecule has 1 aromatic carbocycles. The number of alkyl halides is 2. The molecular weight excluding hydrogens is 303 g/mol. The van der Waals surface area contributed by atoms with Gasteiger partial charge in [-0.2, -0.15) is 0 Å². The molecule has 0 radical (unpaired) electrons. The standard InChI is InChI=1S/C10H10F3N3O3.ClH/c11-6-1-2-8(16(18)19)7(3-6)9(17)15-5-10(12,13)4-14;/h1-3H,4-5,14H2,(H,15,17);1H. The minimum absolute atomic E-state index is 0. The van der Waals surface area contributed by atoms with Gasteiger partial charge in [0.15, 0.2) is 0 Å². The number of benzene rings is 1. The second-order valence-electron chi connectivity index (χ2n) is 3.66. The van der Waals surface area contributed by atoms with Gasteiger partial charge >= 0.3 is 0 Å². The van der Waals surface area contributed by atoms with Crippen LogP contribution in [0.5, 0.6) is 0 Å². The van der Waals surface area contributed by atoms with E-state index in [9.17, 15) is 28.1 Å². The first-order valence-electron chi connectivity index (χ1n) is 5.07. The zero-order valence-corrected chi connectivity index (χ0v) is 10.8. The number of nitrogens with two attached hydrogens (primary N) is 1. The fourth-order valence-electron chi connectivity index (χ4n) is 1.23. The van der Waals surface area contributed by atoms with Gasteiger partial charge in [0.05, 0.1) is 18.0 Å². The summed E-state index contributed by atoms with van der Waals surface area (Å²) in [4.78, 5) is 21.3. The van der Waals surface area contributed by atoms with Crippen LogP contribution < -0.4 is 11.1 Å². The molecule has 0 saturated carbocycles. The lowest BCUT2D eigenvalue weighted by atomic mass is 10.1. The quantitative estimate of drug-likeness (QED) is 0.635. The van der Waals surface area contributed by atoms with Crippen molar-refractivity contribution in [3.05, 3.63) is 39.7 Å². The van der Waals surface area contributed by atoms with Gasteiger partial charge in [0, 0.05) is 6.07 Å². The highest BCUT2D eigenvalue weighted by molar-refractivity contribution is 5.98. The molecule has 0 spiro atoms. The average Bonchev–Trinajstić information content (AvgIpc) is 2.35. The largest absolute Gasteiger partial charge is 0.346 e. The minimum Gasteiger partial charge on any atom is -0.346 e. The van der Waals surface area contributed by atoms with Gasteiger partial charge in [-0.1, -0.05) is 0 Å². The van der Waals surface area contributed by atoms with E-state index in [2.05, 4.69) is 0 Å². The number of nitrogens with zero attached hydrogens (tertiary/aromatic N) is 1. The van der Waals surface area contributed by atoms with E-state index in [-0.39, 0.29) is 12.4 Å². The summed E-state index contributed by atoms with van der Waals surface area (Å²) < 4.78 is 38.6. The van der Waals surface area contributed by atoms with Crippen LogP contribution in [0.15, 0.2) is 18.2 Å². The number of nitro benzene ring substituents is 1. The molecule has 0 heterocycles. The zero-order valence-electron chi connectivity index (χ0n) is 9.94. The number of hydrogen-bond acceptors (Lipinski definition) is 4. The maximum Gasteiger partial charge on any atom is 0.282 e. The van der Waals surface area contributed by atoms with Crippen molar-refractivity contribution in [2.45, 2.75) is 5.92 Å². The Kier molecular flexibility index (Phi) is 6.40. The molecule has 0 aliphatic carbocycles. The summed E-state index contributed by atoms with van der Waals surface area (Å²) in [5.74, 6) is -5.39. The first-order chi connectivity index (χ1) is 8.76. The lowest BCUT2D eigenvalue weighted by Gasteiger charge is -2.14. The summed E-state index contributed by atoms with van der Waals surface area (Å²) >= 11 is 0. The second-order valence-corrected chi connectivity index (χ2v) is 3.66. The third-order valence-corrected chi connectivity index (χ3v) is 2.21. The highest BCUT2D eigenvalue weighted by Gasteiger charge is 2.29. The summed E-state index contributed by atoms with van der Waals surface area (Å²) in [5, 5.41) is 12.4. The summed E-state index contributed by atoms with van der Waals surface area (Å²) in [6.07, 6.45) is 0. The van der Waals surface area contributed by atoms with E-state index in [1.807, 2.05) is 0 Å². The average molecular weight is 314 g/mol. The van der Waals surface area contributed by atoms with E-state index >= 15 is 0 Å². The van der Waals surface area contributed by atoms with Crippen LogP contribution >= 0.6 is 12.4 Å². The molecule has 0 atom stereocenters. The number of amides is 1. The van der Waals surface area contributed by atoms with E-state index in [4.69, 9.17) is 5.73 Å². The summed E-state index contributed by atoms with van der Waals surface area (Å²) in [6.45, 7) is -2.07. The first kappa shape index (κ1) is 18.1. The number of halogens is 4. The fourth-order valence-corrected chi connectivity index (χ4v) is 1.23. The van der Waals surface area contributed by atoms with Gasteiger partial charge in [0.2, 0.25) is 0 Å². The molecule has 6 nitrogen and oxygen atoms in total. The summed E-state index contributed by atoms with van der Waals surface area (Å²) in [5.41, 5.74) is 3.47. The Morgan fingerprint density at radius 2 is 2.05 bits per heavy atom. The molecule has 3 N–H and O–H groups in total. The first-order valence-corrected chi connectivity index (χ1v) is 5.07. The van der Waals surface area contributed by atoms with Crippen LogP contribution in [-0.2, 0) is 0 Å². The number of rotatable bonds is 5. The molecule has 20 heavy (non-hydrogen) atoms. The highest BCUT2D eigenvalue weighted by atomic mass is 35.5. The van der Waals surface area contributed by atoms with Crippen molar-refractivity contribution in [3.63, 3.8) is 0 Å². The molecule has 0 saturated heterocycles. The van der Waals surface area contributed by atoms with Crippen LogP contribution in [0, 0.1) is 15.9 Å². The third kappa shape index (κ3) is 4.67. The SMILES string of the molecule is Cl.NCC(F)(F)CNC(=O)c1cc(F)ccc1[N+](=O)[O-]. The van der Waals surface area contributed by atoms with Crippen molar-refractivity contribution >= 4 is 24.0 Å². The molecule has 0 aromatic heterocycles. The van der Waals surface area contributed by atoms with Crippen LogP contribution in [0.1, 0.15) is 10.4 Å². The van der Waals surface area contributed by atoms with Gasteiger partial charge in [-0.05, 0) is 12.1 Å². The topological polar surface area (TPSA) is 98.3 Å². The van der Waals surface area contributed by atoms with E-state index in [0.717, 1.165) is 12.1 Å². The molecule has 112 valence electrons. The Balaban J connectivity index is 0.00000361. The van der Waals surface area contributed by atoms with E-state index in [1.54, 1.807) is 5.32 Å². The van der Waals surface area contributed by atoms with Crippen molar-refractivity contribution < 1.29 is 22.9 Å². The van der Waals surface area contributed by atoms with Crippen molar-refractivity contribution in [3.8, 4) is 0 Å². The van der Waals surface area contributed by atoms with Crippen molar-refractivity contribution in [1.82, 2.24) is 5.32 Å². The van der Waals surface area contributed by atoms with E-state index in [0.29, 0.717) is 6.07 Å². The van der Waals surface area contributed by atoms with Gasteiger partial charge in [0.25, 0.3) is 17.5 Å². The maximum absolute atomic E-state index is 12.9. The lowest BCUT2D eigenvalue weighted by Crippen LogP contribution is -2.41. The molecule has 0 aliphatic heterocycles.